The predicted octanol–water partition coefficient (Wildman–Crippen LogP) is 0.214. The number of amides is 1. The van der Waals surface area contributed by atoms with E-state index in [1.165, 1.54) is 6.42 Å². The van der Waals surface area contributed by atoms with Gasteiger partial charge in [-0.1, -0.05) is 5.21 Å². The second-order valence-electron chi connectivity index (χ2n) is 4.81. The van der Waals surface area contributed by atoms with Gasteiger partial charge in [0.05, 0.1) is 5.69 Å². The van der Waals surface area contributed by atoms with Crippen LogP contribution >= 0.6 is 0 Å². The SMILES string of the molecule is CC1CCCCN1C(=O)Cn1cc(CCO)nn1. The first-order chi connectivity index (χ1) is 8.70. The van der Waals surface area contributed by atoms with E-state index in [9.17, 15) is 4.79 Å². The highest BCUT2D eigenvalue weighted by Gasteiger charge is 2.23. The van der Waals surface area contributed by atoms with Crippen molar-refractivity contribution < 1.29 is 9.90 Å². The molecule has 1 aromatic heterocycles. The second kappa shape index (κ2) is 5.95. The van der Waals surface area contributed by atoms with Crippen molar-refractivity contribution in [2.75, 3.05) is 13.2 Å². The van der Waals surface area contributed by atoms with Crippen LogP contribution in [0.1, 0.15) is 31.9 Å². The molecular formula is C12H20N4O2. The summed E-state index contributed by atoms with van der Waals surface area (Å²) in [6, 6.07) is 0.326. The Morgan fingerprint density at radius 1 is 1.56 bits per heavy atom. The van der Waals surface area contributed by atoms with Crippen LogP contribution < -0.4 is 0 Å². The fourth-order valence-corrected chi connectivity index (χ4v) is 2.34. The number of carbonyl (C=O) groups excluding carboxylic acids is 1. The number of hydrogen-bond donors (Lipinski definition) is 1. The number of aromatic nitrogens is 3. The Labute approximate surface area is 107 Å². The summed E-state index contributed by atoms with van der Waals surface area (Å²) in [6.45, 7) is 3.23. The third-order valence-corrected chi connectivity index (χ3v) is 3.37. The van der Waals surface area contributed by atoms with Crippen LogP contribution in [0.5, 0.6) is 0 Å². The molecule has 2 rings (SSSR count). The van der Waals surface area contributed by atoms with E-state index in [0.29, 0.717) is 12.5 Å². The van der Waals surface area contributed by atoms with Gasteiger partial charge in [-0.2, -0.15) is 0 Å². The minimum Gasteiger partial charge on any atom is -0.396 e. The molecule has 1 saturated heterocycles. The highest BCUT2D eigenvalue weighted by atomic mass is 16.3. The Balaban J connectivity index is 1.93. The summed E-state index contributed by atoms with van der Waals surface area (Å²) in [5.74, 6) is 0.0997. The first kappa shape index (κ1) is 13.0. The average molecular weight is 252 g/mol. The third kappa shape index (κ3) is 3.07. The van der Waals surface area contributed by atoms with Crippen LogP contribution in [0, 0.1) is 0 Å². The van der Waals surface area contributed by atoms with Crippen molar-refractivity contribution in [3.63, 3.8) is 0 Å². The summed E-state index contributed by atoms with van der Waals surface area (Å²) < 4.78 is 1.55. The zero-order valence-corrected chi connectivity index (χ0v) is 10.7. The molecule has 0 bridgehead atoms. The molecule has 18 heavy (non-hydrogen) atoms. The van der Waals surface area contributed by atoms with Crippen molar-refractivity contribution in [3.05, 3.63) is 11.9 Å². The Morgan fingerprint density at radius 2 is 2.39 bits per heavy atom. The van der Waals surface area contributed by atoms with E-state index in [-0.39, 0.29) is 19.1 Å². The molecule has 1 fully saturated rings. The molecule has 2 heterocycles. The lowest BCUT2D eigenvalue weighted by Gasteiger charge is -2.33. The summed E-state index contributed by atoms with van der Waals surface area (Å²) in [5.41, 5.74) is 0.719. The van der Waals surface area contributed by atoms with Crippen molar-refractivity contribution in [1.82, 2.24) is 19.9 Å². The minimum atomic E-state index is 0.0514. The van der Waals surface area contributed by atoms with E-state index in [2.05, 4.69) is 17.2 Å². The number of aliphatic hydroxyl groups is 1. The number of hydrogen-bond acceptors (Lipinski definition) is 4. The minimum absolute atomic E-state index is 0.0514. The van der Waals surface area contributed by atoms with Crippen molar-refractivity contribution in [2.45, 2.75) is 45.2 Å². The molecule has 6 heteroatoms. The molecule has 6 nitrogen and oxygen atoms in total. The molecule has 0 aliphatic carbocycles. The van der Waals surface area contributed by atoms with Gasteiger partial charge in [0, 0.05) is 31.8 Å². The lowest BCUT2D eigenvalue weighted by Crippen LogP contribution is -2.43. The van der Waals surface area contributed by atoms with Gasteiger partial charge in [-0.05, 0) is 26.2 Å². The highest BCUT2D eigenvalue weighted by Crippen LogP contribution is 2.16. The predicted molar refractivity (Wildman–Crippen MR) is 65.8 cm³/mol. The zero-order valence-electron chi connectivity index (χ0n) is 10.7. The van der Waals surface area contributed by atoms with Gasteiger partial charge in [0.25, 0.3) is 0 Å². The molecule has 0 aromatic carbocycles. The van der Waals surface area contributed by atoms with Crippen LogP contribution in [0.4, 0.5) is 0 Å². The van der Waals surface area contributed by atoms with Gasteiger partial charge in [0.1, 0.15) is 6.54 Å². The molecule has 0 saturated carbocycles. The number of rotatable bonds is 4. The lowest BCUT2D eigenvalue weighted by atomic mass is 10.0. The summed E-state index contributed by atoms with van der Waals surface area (Å²) in [6.07, 6.45) is 5.58. The lowest BCUT2D eigenvalue weighted by molar-refractivity contribution is -0.135. The fraction of sp³-hybridized carbons (Fsp3) is 0.750. The van der Waals surface area contributed by atoms with E-state index in [0.717, 1.165) is 25.1 Å². The molecule has 1 unspecified atom stereocenters. The summed E-state index contributed by atoms with van der Waals surface area (Å²) >= 11 is 0. The Bertz CT molecular complexity index is 405. The molecule has 1 N–H and O–H groups in total. The van der Waals surface area contributed by atoms with Crippen LogP contribution in [-0.2, 0) is 17.8 Å². The standard InChI is InChI=1S/C12H20N4O2/c1-10-4-2-3-6-16(10)12(18)9-15-8-11(5-7-17)13-14-15/h8,10,17H,2-7,9H2,1H3. The van der Waals surface area contributed by atoms with E-state index in [1.54, 1.807) is 10.9 Å². The molecule has 1 aliphatic heterocycles. The smallest absolute Gasteiger partial charge is 0.244 e. The molecular weight excluding hydrogens is 232 g/mol. The first-order valence-electron chi connectivity index (χ1n) is 6.50. The van der Waals surface area contributed by atoms with Gasteiger partial charge in [-0.25, -0.2) is 4.68 Å². The summed E-state index contributed by atoms with van der Waals surface area (Å²) in [7, 11) is 0. The number of likely N-dealkylation sites (tertiary alicyclic amines) is 1. The molecule has 100 valence electrons. The number of aliphatic hydroxyl groups excluding tert-OH is 1. The van der Waals surface area contributed by atoms with Crippen LogP contribution in [0.25, 0.3) is 0 Å². The fourth-order valence-electron chi connectivity index (χ4n) is 2.34. The highest BCUT2D eigenvalue weighted by molar-refractivity contribution is 5.76. The first-order valence-corrected chi connectivity index (χ1v) is 6.50. The maximum Gasteiger partial charge on any atom is 0.244 e. The van der Waals surface area contributed by atoms with Gasteiger partial charge in [0.15, 0.2) is 0 Å². The molecule has 1 atom stereocenters. The zero-order chi connectivity index (χ0) is 13.0. The number of carbonyl (C=O) groups is 1. The van der Waals surface area contributed by atoms with Gasteiger partial charge in [-0.15, -0.1) is 5.10 Å². The third-order valence-electron chi connectivity index (χ3n) is 3.37. The van der Waals surface area contributed by atoms with E-state index in [1.807, 2.05) is 4.90 Å². The maximum absolute atomic E-state index is 12.1. The van der Waals surface area contributed by atoms with Crippen LogP contribution in [0.2, 0.25) is 0 Å². The largest absolute Gasteiger partial charge is 0.396 e. The topological polar surface area (TPSA) is 71.2 Å². The van der Waals surface area contributed by atoms with Crippen LogP contribution in [0.3, 0.4) is 0 Å². The van der Waals surface area contributed by atoms with E-state index < -0.39 is 0 Å². The van der Waals surface area contributed by atoms with Crippen LogP contribution in [-0.4, -0.2) is 50.1 Å². The molecule has 0 radical (unpaired) electrons. The van der Waals surface area contributed by atoms with E-state index in [4.69, 9.17) is 5.11 Å². The summed E-state index contributed by atoms with van der Waals surface area (Å²) in [4.78, 5) is 14.1. The van der Waals surface area contributed by atoms with Crippen LogP contribution in [0.15, 0.2) is 6.20 Å². The van der Waals surface area contributed by atoms with E-state index >= 15 is 0 Å². The molecule has 1 amide bonds. The Hall–Kier alpha value is -1.43. The normalized spacial score (nSPS) is 20.1. The van der Waals surface area contributed by atoms with Gasteiger partial charge >= 0.3 is 0 Å². The van der Waals surface area contributed by atoms with Crippen molar-refractivity contribution in [1.29, 1.82) is 0 Å². The van der Waals surface area contributed by atoms with Crippen molar-refractivity contribution in [3.8, 4) is 0 Å². The number of piperidine rings is 1. The van der Waals surface area contributed by atoms with Gasteiger partial charge in [-0.3, -0.25) is 4.79 Å². The second-order valence-corrected chi connectivity index (χ2v) is 4.81. The maximum atomic E-state index is 12.1. The molecule has 0 spiro atoms. The average Bonchev–Trinajstić information content (AvgIpc) is 2.77. The van der Waals surface area contributed by atoms with Crippen molar-refractivity contribution in [2.24, 2.45) is 0 Å². The molecule has 1 aromatic rings. The monoisotopic (exact) mass is 252 g/mol. The number of nitrogens with zero attached hydrogens (tertiary/aromatic N) is 4. The molecule has 1 aliphatic rings. The quantitative estimate of drug-likeness (QED) is 0.831. The van der Waals surface area contributed by atoms with Gasteiger partial charge < -0.3 is 10.0 Å². The van der Waals surface area contributed by atoms with Gasteiger partial charge in [0.2, 0.25) is 5.91 Å². The van der Waals surface area contributed by atoms with Crippen molar-refractivity contribution >= 4 is 5.91 Å². The summed E-state index contributed by atoms with van der Waals surface area (Å²) in [5, 5.41) is 16.6. The Kier molecular flexibility index (Phi) is 4.30. The Morgan fingerprint density at radius 3 is 3.11 bits per heavy atom.